The molecule has 0 fully saturated rings. The summed E-state index contributed by atoms with van der Waals surface area (Å²) in [4.78, 5) is 14.2. The quantitative estimate of drug-likeness (QED) is 0.850. The number of carbonyl (C=O) groups excluding carboxylic acids is 1. The minimum atomic E-state index is -2.82. The lowest BCUT2D eigenvalue weighted by atomic mass is 10.2. The predicted molar refractivity (Wildman–Crippen MR) is 49.8 cm³/mol. The molecule has 0 aromatic carbocycles. The van der Waals surface area contributed by atoms with E-state index in [0.717, 1.165) is 6.07 Å². The Bertz CT molecular complexity index is 383. The van der Waals surface area contributed by atoms with E-state index in [1.54, 1.807) is 0 Å². The molecule has 4 nitrogen and oxygen atoms in total. The van der Waals surface area contributed by atoms with Crippen molar-refractivity contribution in [3.8, 4) is 0 Å². The number of nitrogen functional groups attached to an aromatic ring is 1. The maximum absolute atomic E-state index is 12.4. The molecule has 0 aliphatic carbocycles. The van der Waals surface area contributed by atoms with E-state index in [9.17, 15) is 13.6 Å². The average Bonchev–Trinajstić information content (AvgIpc) is 2.08. The number of primary amides is 1. The van der Waals surface area contributed by atoms with E-state index in [-0.39, 0.29) is 10.3 Å². The van der Waals surface area contributed by atoms with Gasteiger partial charge in [-0.3, -0.25) is 4.79 Å². The molecular weight excluding hydrogens is 260 g/mol. The van der Waals surface area contributed by atoms with Gasteiger partial charge >= 0.3 is 0 Å². The molecular formula is C7H6BrF2N3O. The fourth-order valence-electron chi connectivity index (χ4n) is 0.881. The molecule has 0 spiro atoms. The molecule has 1 aromatic heterocycles. The Labute approximate surface area is 86.4 Å². The largest absolute Gasteiger partial charge is 0.383 e. The van der Waals surface area contributed by atoms with Crippen LogP contribution < -0.4 is 11.5 Å². The van der Waals surface area contributed by atoms with Crippen molar-refractivity contribution < 1.29 is 13.6 Å². The van der Waals surface area contributed by atoms with Gasteiger partial charge in [0.1, 0.15) is 11.5 Å². The highest BCUT2D eigenvalue weighted by atomic mass is 79.9. The Hall–Kier alpha value is -1.24. The van der Waals surface area contributed by atoms with Gasteiger partial charge < -0.3 is 11.5 Å². The summed E-state index contributed by atoms with van der Waals surface area (Å²) in [5, 5.41) is 0. The number of aromatic nitrogens is 1. The van der Waals surface area contributed by atoms with Gasteiger partial charge in [0, 0.05) is 0 Å². The molecule has 0 aliphatic heterocycles. The molecule has 1 amide bonds. The molecule has 1 heterocycles. The lowest BCUT2D eigenvalue weighted by molar-refractivity contribution is 0.0980. The Kier molecular flexibility index (Phi) is 3.00. The van der Waals surface area contributed by atoms with Gasteiger partial charge in [0.05, 0.1) is 10.0 Å². The van der Waals surface area contributed by atoms with Crippen molar-refractivity contribution in [2.75, 3.05) is 5.73 Å². The van der Waals surface area contributed by atoms with E-state index in [2.05, 4.69) is 20.9 Å². The van der Waals surface area contributed by atoms with Gasteiger partial charge in [0.15, 0.2) is 0 Å². The predicted octanol–water partition coefficient (Wildman–Crippen LogP) is 1.46. The Morgan fingerprint density at radius 3 is 2.57 bits per heavy atom. The third-order valence-corrected chi connectivity index (χ3v) is 2.14. The van der Waals surface area contributed by atoms with E-state index in [1.165, 1.54) is 0 Å². The molecule has 0 unspecified atom stereocenters. The zero-order valence-electron chi connectivity index (χ0n) is 6.80. The zero-order valence-corrected chi connectivity index (χ0v) is 8.38. The monoisotopic (exact) mass is 265 g/mol. The maximum Gasteiger partial charge on any atom is 0.267 e. The van der Waals surface area contributed by atoms with Crippen molar-refractivity contribution in [2.45, 2.75) is 6.43 Å². The molecule has 0 saturated carbocycles. The lowest BCUT2D eigenvalue weighted by Crippen LogP contribution is -2.17. The van der Waals surface area contributed by atoms with Gasteiger partial charge in [0.25, 0.3) is 12.3 Å². The van der Waals surface area contributed by atoms with Crippen LogP contribution in [0.4, 0.5) is 14.6 Å². The molecule has 7 heteroatoms. The fraction of sp³-hybridized carbons (Fsp3) is 0.143. The van der Waals surface area contributed by atoms with Gasteiger partial charge in [-0.05, 0) is 22.0 Å². The summed E-state index contributed by atoms with van der Waals surface area (Å²) < 4.78 is 25.0. The molecule has 0 atom stereocenters. The second-order valence-corrected chi connectivity index (χ2v) is 3.31. The molecule has 0 saturated heterocycles. The number of nitrogens with zero attached hydrogens (tertiary/aromatic N) is 1. The molecule has 1 rings (SSSR count). The normalized spacial score (nSPS) is 10.6. The Morgan fingerprint density at radius 1 is 1.57 bits per heavy atom. The first kappa shape index (κ1) is 10.8. The molecule has 4 N–H and O–H groups in total. The summed E-state index contributed by atoms with van der Waals surface area (Å²) in [6.45, 7) is 0. The Morgan fingerprint density at radius 2 is 2.14 bits per heavy atom. The van der Waals surface area contributed by atoms with Gasteiger partial charge in [0.2, 0.25) is 0 Å². The van der Waals surface area contributed by atoms with E-state index < -0.39 is 23.6 Å². The van der Waals surface area contributed by atoms with Crippen LogP contribution in [-0.4, -0.2) is 10.9 Å². The van der Waals surface area contributed by atoms with Crippen molar-refractivity contribution in [1.29, 1.82) is 0 Å². The van der Waals surface area contributed by atoms with E-state index in [0.29, 0.717) is 0 Å². The average molecular weight is 266 g/mol. The van der Waals surface area contributed by atoms with Gasteiger partial charge in [-0.1, -0.05) is 0 Å². The standard InChI is InChI=1S/C7H6BrF2N3O/c8-3-1-2(5(9)10)4(7(12)14)13-6(3)11/h1,5H,(H2,11,13)(H2,12,14). The number of pyridine rings is 1. The van der Waals surface area contributed by atoms with Crippen molar-refractivity contribution >= 4 is 27.7 Å². The highest BCUT2D eigenvalue weighted by Gasteiger charge is 2.19. The summed E-state index contributed by atoms with van der Waals surface area (Å²) in [7, 11) is 0. The minimum absolute atomic E-state index is 0.0526. The molecule has 14 heavy (non-hydrogen) atoms. The molecule has 0 radical (unpaired) electrons. The van der Waals surface area contributed by atoms with Crippen LogP contribution in [0.15, 0.2) is 10.5 Å². The number of hydrogen-bond donors (Lipinski definition) is 2. The van der Waals surface area contributed by atoms with Crippen LogP contribution in [0.2, 0.25) is 0 Å². The maximum atomic E-state index is 12.4. The Balaban J connectivity index is 3.39. The first-order valence-corrected chi connectivity index (χ1v) is 4.26. The number of hydrogen-bond acceptors (Lipinski definition) is 3. The molecule has 0 aliphatic rings. The molecule has 0 bridgehead atoms. The second kappa shape index (κ2) is 3.87. The lowest BCUT2D eigenvalue weighted by Gasteiger charge is -2.07. The summed E-state index contributed by atoms with van der Waals surface area (Å²) in [5.74, 6) is -1.08. The van der Waals surface area contributed by atoms with E-state index in [1.807, 2.05) is 0 Å². The van der Waals surface area contributed by atoms with E-state index >= 15 is 0 Å². The number of nitrogens with two attached hydrogens (primary N) is 2. The highest BCUT2D eigenvalue weighted by Crippen LogP contribution is 2.27. The van der Waals surface area contributed by atoms with E-state index in [4.69, 9.17) is 11.5 Å². The van der Waals surface area contributed by atoms with Crippen LogP contribution >= 0.6 is 15.9 Å². The second-order valence-electron chi connectivity index (χ2n) is 2.46. The van der Waals surface area contributed by atoms with Crippen molar-refractivity contribution in [2.24, 2.45) is 5.73 Å². The smallest absolute Gasteiger partial charge is 0.267 e. The van der Waals surface area contributed by atoms with Gasteiger partial charge in [-0.25, -0.2) is 13.8 Å². The van der Waals surface area contributed by atoms with Gasteiger partial charge in [-0.2, -0.15) is 0 Å². The minimum Gasteiger partial charge on any atom is -0.383 e. The van der Waals surface area contributed by atoms with Crippen LogP contribution in [0.1, 0.15) is 22.5 Å². The number of alkyl halides is 2. The number of anilines is 1. The summed E-state index contributed by atoms with van der Waals surface area (Å²) in [6.07, 6.45) is -2.82. The third-order valence-electron chi connectivity index (χ3n) is 1.50. The first-order valence-electron chi connectivity index (χ1n) is 3.47. The summed E-state index contributed by atoms with van der Waals surface area (Å²) >= 11 is 2.92. The van der Waals surface area contributed by atoms with Crippen molar-refractivity contribution in [1.82, 2.24) is 4.98 Å². The topological polar surface area (TPSA) is 82.0 Å². The molecule has 76 valence electrons. The fourth-order valence-corrected chi connectivity index (χ4v) is 1.22. The van der Waals surface area contributed by atoms with Crippen LogP contribution in [0.25, 0.3) is 0 Å². The number of carbonyl (C=O) groups is 1. The van der Waals surface area contributed by atoms with Crippen LogP contribution in [0.3, 0.4) is 0 Å². The first-order chi connectivity index (χ1) is 6.43. The zero-order chi connectivity index (χ0) is 10.9. The van der Waals surface area contributed by atoms with Crippen LogP contribution in [-0.2, 0) is 0 Å². The summed E-state index contributed by atoms with van der Waals surface area (Å²) in [6, 6.07) is 1.03. The summed E-state index contributed by atoms with van der Waals surface area (Å²) in [5.41, 5.74) is 9.15. The SMILES string of the molecule is NC(=O)c1nc(N)c(Br)cc1C(F)F. The highest BCUT2D eigenvalue weighted by molar-refractivity contribution is 9.10. The number of halogens is 3. The molecule has 1 aromatic rings. The third kappa shape index (κ3) is 1.98. The van der Waals surface area contributed by atoms with Crippen LogP contribution in [0, 0.1) is 0 Å². The number of rotatable bonds is 2. The van der Waals surface area contributed by atoms with Gasteiger partial charge in [-0.15, -0.1) is 0 Å². The number of amides is 1. The van der Waals surface area contributed by atoms with Crippen molar-refractivity contribution in [3.05, 3.63) is 21.8 Å². The van der Waals surface area contributed by atoms with Crippen molar-refractivity contribution in [3.63, 3.8) is 0 Å². The van der Waals surface area contributed by atoms with Crippen LogP contribution in [0.5, 0.6) is 0 Å².